The Morgan fingerprint density at radius 1 is 0.842 bits per heavy atom. The van der Waals surface area contributed by atoms with Gasteiger partial charge < -0.3 is 4.43 Å². The molecule has 3 aromatic rings. The summed E-state index contributed by atoms with van der Waals surface area (Å²) in [6, 6.07) is 19.8. The summed E-state index contributed by atoms with van der Waals surface area (Å²) in [5.74, 6) is 0. The van der Waals surface area contributed by atoms with Crippen LogP contribution in [0.4, 0.5) is 0 Å². The lowest BCUT2D eigenvalue weighted by atomic mass is 9.97. The predicted octanol–water partition coefficient (Wildman–Crippen LogP) is 3.22. The van der Waals surface area contributed by atoms with Crippen molar-refractivity contribution in [1.82, 2.24) is 0 Å². The molecule has 0 radical (unpaired) electrons. The molecule has 0 aliphatic heterocycles. The van der Waals surface area contributed by atoms with Crippen LogP contribution in [0.5, 0.6) is 0 Å². The standard InChI is InChI=1S/C17H18OSi/c19-18-10-4-9-13-7-3-8-16-11-14-5-1-2-6-15(14)12-17(13)16/h1-3,5-8,11-12H,4,9-10H2,19H3. The Morgan fingerprint density at radius 2 is 1.58 bits per heavy atom. The summed E-state index contributed by atoms with van der Waals surface area (Å²) in [5, 5.41) is 5.36. The lowest BCUT2D eigenvalue weighted by Crippen LogP contribution is -1.94. The van der Waals surface area contributed by atoms with Crippen molar-refractivity contribution in [2.45, 2.75) is 12.8 Å². The van der Waals surface area contributed by atoms with Crippen molar-refractivity contribution >= 4 is 32.0 Å². The number of fused-ring (bicyclic) bond motifs is 2. The maximum Gasteiger partial charge on any atom is 0.145 e. The van der Waals surface area contributed by atoms with Gasteiger partial charge in [-0.25, -0.2) is 0 Å². The second-order valence-electron chi connectivity index (χ2n) is 4.93. The molecule has 3 aromatic carbocycles. The summed E-state index contributed by atoms with van der Waals surface area (Å²) in [6.45, 7) is 0.885. The second kappa shape index (κ2) is 5.55. The van der Waals surface area contributed by atoms with Crippen LogP contribution < -0.4 is 0 Å². The van der Waals surface area contributed by atoms with Gasteiger partial charge in [-0.15, -0.1) is 0 Å². The van der Waals surface area contributed by atoms with Gasteiger partial charge in [-0.2, -0.15) is 0 Å². The highest BCUT2D eigenvalue weighted by Gasteiger charge is 2.02. The average Bonchev–Trinajstić information content (AvgIpc) is 2.46. The van der Waals surface area contributed by atoms with Crippen LogP contribution in [-0.4, -0.2) is 17.1 Å². The third kappa shape index (κ3) is 2.55. The molecule has 0 spiro atoms. The maximum absolute atomic E-state index is 5.28. The summed E-state index contributed by atoms with van der Waals surface area (Å²) in [5.41, 5.74) is 1.43. The van der Waals surface area contributed by atoms with Gasteiger partial charge in [-0.05, 0) is 52.1 Å². The fourth-order valence-electron chi connectivity index (χ4n) is 2.66. The molecule has 0 unspecified atom stereocenters. The van der Waals surface area contributed by atoms with E-state index in [1.807, 2.05) is 0 Å². The van der Waals surface area contributed by atoms with E-state index in [4.69, 9.17) is 4.43 Å². The Kier molecular flexibility index (Phi) is 3.62. The second-order valence-corrected chi connectivity index (χ2v) is 5.51. The molecule has 96 valence electrons. The zero-order chi connectivity index (χ0) is 13.1. The highest BCUT2D eigenvalue weighted by atomic mass is 28.2. The summed E-state index contributed by atoms with van der Waals surface area (Å²) in [6.07, 6.45) is 2.20. The Hall–Kier alpha value is -1.64. The molecule has 1 nitrogen and oxygen atoms in total. The normalized spacial score (nSPS) is 11.4. The van der Waals surface area contributed by atoms with Crippen molar-refractivity contribution in [2.75, 3.05) is 6.61 Å². The van der Waals surface area contributed by atoms with Gasteiger partial charge in [-0.1, -0.05) is 42.5 Å². The minimum absolute atomic E-state index is 0.839. The topological polar surface area (TPSA) is 9.23 Å². The smallest absolute Gasteiger partial charge is 0.145 e. The number of rotatable bonds is 4. The van der Waals surface area contributed by atoms with Crippen LogP contribution in [0, 0.1) is 0 Å². The lowest BCUT2D eigenvalue weighted by molar-refractivity contribution is 0.341. The van der Waals surface area contributed by atoms with Crippen molar-refractivity contribution < 1.29 is 4.43 Å². The van der Waals surface area contributed by atoms with Crippen LogP contribution >= 0.6 is 0 Å². The van der Waals surface area contributed by atoms with Gasteiger partial charge in [0.05, 0.1) is 0 Å². The molecule has 0 fully saturated rings. The van der Waals surface area contributed by atoms with Gasteiger partial charge in [-0.3, -0.25) is 0 Å². The Bertz CT molecular complexity index is 706. The molecule has 0 saturated carbocycles. The van der Waals surface area contributed by atoms with Crippen LogP contribution in [-0.2, 0) is 10.8 Å². The SMILES string of the molecule is [SiH3]OCCCc1cccc2cc3ccccc3cc12. The van der Waals surface area contributed by atoms with E-state index >= 15 is 0 Å². The van der Waals surface area contributed by atoms with E-state index in [1.165, 1.54) is 27.1 Å². The van der Waals surface area contributed by atoms with E-state index in [1.54, 1.807) is 0 Å². The number of hydrogen-bond donors (Lipinski definition) is 0. The maximum atomic E-state index is 5.28. The van der Waals surface area contributed by atoms with Crippen LogP contribution in [0.3, 0.4) is 0 Å². The van der Waals surface area contributed by atoms with E-state index in [0.29, 0.717) is 0 Å². The van der Waals surface area contributed by atoms with Crippen molar-refractivity contribution in [3.63, 3.8) is 0 Å². The number of benzene rings is 3. The van der Waals surface area contributed by atoms with Crippen molar-refractivity contribution in [1.29, 1.82) is 0 Å². The van der Waals surface area contributed by atoms with E-state index in [2.05, 4.69) is 54.6 Å². The molecule has 0 saturated heterocycles. The predicted molar refractivity (Wildman–Crippen MR) is 85.7 cm³/mol. The Balaban J connectivity index is 2.09. The molecule has 0 aliphatic rings. The Labute approximate surface area is 116 Å². The molecule has 0 atom stereocenters. The molecular formula is C17H18OSi. The fourth-order valence-corrected chi connectivity index (χ4v) is 2.95. The summed E-state index contributed by atoms with van der Waals surface area (Å²) in [4.78, 5) is 0. The van der Waals surface area contributed by atoms with Crippen LogP contribution in [0.25, 0.3) is 21.5 Å². The first-order chi connectivity index (χ1) is 9.38. The quantitative estimate of drug-likeness (QED) is 0.400. The van der Waals surface area contributed by atoms with Crippen LogP contribution in [0.15, 0.2) is 54.6 Å². The Morgan fingerprint density at radius 3 is 2.37 bits per heavy atom. The molecule has 0 N–H and O–H groups in total. The van der Waals surface area contributed by atoms with Gasteiger partial charge in [0.15, 0.2) is 0 Å². The van der Waals surface area contributed by atoms with Gasteiger partial charge >= 0.3 is 0 Å². The highest BCUT2D eigenvalue weighted by Crippen LogP contribution is 2.26. The summed E-state index contributed by atoms with van der Waals surface area (Å²) >= 11 is 0. The van der Waals surface area contributed by atoms with Gasteiger partial charge in [0.1, 0.15) is 10.5 Å². The zero-order valence-electron chi connectivity index (χ0n) is 11.2. The summed E-state index contributed by atoms with van der Waals surface area (Å²) < 4.78 is 5.28. The average molecular weight is 266 g/mol. The molecule has 0 bridgehead atoms. The van der Waals surface area contributed by atoms with Crippen molar-refractivity contribution in [3.05, 3.63) is 60.2 Å². The van der Waals surface area contributed by atoms with Gasteiger partial charge in [0, 0.05) is 6.61 Å². The molecule has 19 heavy (non-hydrogen) atoms. The van der Waals surface area contributed by atoms with Crippen LogP contribution in [0.1, 0.15) is 12.0 Å². The lowest BCUT2D eigenvalue weighted by Gasteiger charge is -2.08. The summed E-state index contributed by atoms with van der Waals surface area (Å²) in [7, 11) is 0.839. The third-order valence-corrected chi connectivity index (χ3v) is 4.04. The minimum Gasteiger partial charge on any atom is -0.428 e. The van der Waals surface area contributed by atoms with E-state index in [9.17, 15) is 0 Å². The minimum atomic E-state index is 0.839. The highest BCUT2D eigenvalue weighted by molar-refractivity contribution is 5.99. The van der Waals surface area contributed by atoms with E-state index < -0.39 is 0 Å². The molecule has 0 heterocycles. The molecule has 0 aromatic heterocycles. The molecular weight excluding hydrogens is 248 g/mol. The van der Waals surface area contributed by atoms with E-state index in [0.717, 1.165) is 29.9 Å². The molecule has 0 amide bonds. The van der Waals surface area contributed by atoms with E-state index in [-0.39, 0.29) is 0 Å². The number of aryl methyl sites for hydroxylation is 1. The first kappa shape index (κ1) is 12.4. The fraction of sp³-hybridized carbons (Fsp3) is 0.176. The van der Waals surface area contributed by atoms with Crippen molar-refractivity contribution in [2.24, 2.45) is 0 Å². The first-order valence-corrected chi connectivity index (χ1v) is 7.59. The molecule has 2 heteroatoms. The van der Waals surface area contributed by atoms with Gasteiger partial charge in [0.25, 0.3) is 0 Å². The third-order valence-electron chi connectivity index (χ3n) is 3.63. The first-order valence-electron chi connectivity index (χ1n) is 6.78. The largest absolute Gasteiger partial charge is 0.428 e. The number of hydrogen-bond acceptors (Lipinski definition) is 1. The zero-order valence-corrected chi connectivity index (χ0v) is 13.2. The van der Waals surface area contributed by atoms with Gasteiger partial charge in [0.2, 0.25) is 0 Å². The van der Waals surface area contributed by atoms with Crippen molar-refractivity contribution in [3.8, 4) is 0 Å². The monoisotopic (exact) mass is 266 g/mol. The van der Waals surface area contributed by atoms with Crippen LogP contribution in [0.2, 0.25) is 0 Å². The molecule has 3 rings (SSSR count). The molecule has 0 aliphatic carbocycles.